The molecule has 0 spiro atoms. The summed E-state index contributed by atoms with van der Waals surface area (Å²) >= 11 is 0. The van der Waals surface area contributed by atoms with Gasteiger partial charge in [0, 0.05) is 18.7 Å². The van der Waals surface area contributed by atoms with Crippen LogP contribution in [0.1, 0.15) is 59.3 Å². The van der Waals surface area contributed by atoms with Crippen molar-refractivity contribution in [1.82, 2.24) is 4.90 Å². The third-order valence-electron chi connectivity index (χ3n) is 2.94. The highest BCUT2D eigenvalue weighted by Gasteiger charge is 2.12. The van der Waals surface area contributed by atoms with Crippen molar-refractivity contribution < 1.29 is 4.79 Å². The summed E-state index contributed by atoms with van der Waals surface area (Å²) in [5, 5.41) is 0. The summed E-state index contributed by atoms with van der Waals surface area (Å²) < 4.78 is 0. The van der Waals surface area contributed by atoms with Crippen molar-refractivity contribution in [3.05, 3.63) is 12.2 Å². The van der Waals surface area contributed by atoms with Gasteiger partial charge in [-0.3, -0.25) is 4.79 Å². The smallest absolute Gasteiger partial charge is 0.249 e. The number of rotatable bonds is 9. The first-order chi connectivity index (χ1) is 7.67. The van der Waals surface area contributed by atoms with E-state index in [2.05, 4.69) is 13.5 Å². The molecule has 0 aliphatic heterocycles. The van der Waals surface area contributed by atoms with Crippen molar-refractivity contribution in [2.75, 3.05) is 13.1 Å². The van der Waals surface area contributed by atoms with E-state index in [0.717, 1.165) is 31.5 Å². The van der Waals surface area contributed by atoms with Crippen molar-refractivity contribution in [2.24, 2.45) is 0 Å². The van der Waals surface area contributed by atoms with E-state index in [1.807, 2.05) is 18.7 Å². The Labute approximate surface area is 101 Å². The van der Waals surface area contributed by atoms with Gasteiger partial charge < -0.3 is 4.90 Å². The Kier molecular flexibility index (Phi) is 8.97. The van der Waals surface area contributed by atoms with E-state index in [1.54, 1.807) is 0 Å². The number of hydrogen-bond acceptors (Lipinski definition) is 1. The maximum absolute atomic E-state index is 11.9. The van der Waals surface area contributed by atoms with Crippen LogP contribution in [-0.2, 0) is 4.79 Å². The number of carbonyl (C=O) groups is 1. The van der Waals surface area contributed by atoms with Crippen LogP contribution in [0, 0.1) is 0 Å². The summed E-state index contributed by atoms with van der Waals surface area (Å²) in [6.45, 7) is 11.7. The second-order valence-electron chi connectivity index (χ2n) is 4.25. The van der Waals surface area contributed by atoms with Crippen LogP contribution in [0.25, 0.3) is 0 Å². The molecular formula is C14H27NO. The van der Waals surface area contributed by atoms with Gasteiger partial charge in [0.1, 0.15) is 0 Å². The van der Waals surface area contributed by atoms with Crippen LogP contribution < -0.4 is 0 Å². The van der Waals surface area contributed by atoms with Crippen molar-refractivity contribution in [3.8, 4) is 0 Å². The second-order valence-corrected chi connectivity index (χ2v) is 4.25. The fourth-order valence-electron chi connectivity index (χ4n) is 1.78. The molecule has 2 heteroatoms. The molecule has 0 saturated carbocycles. The van der Waals surface area contributed by atoms with Crippen LogP contribution in [0.3, 0.4) is 0 Å². The molecule has 0 rings (SSSR count). The molecule has 0 aliphatic rings. The minimum Gasteiger partial charge on any atom is -0.340 e. The zero-order chi connectivity index (χ0) is 12.4. The van der Waals surface area contributed by atoms with E-state index < -0.39 is 0 Å². The monoisotopic (exact) mass is 225 g/mol. The largest absolute Gasteiger partial charge is 0.340 e. The second kappa shape index (κ2) is 9.44. The summed E-state index contributed by atoms with van der Waals surface area (Å²) in [5.41, 5.74) is 0.778. The molecule has 0 aromatic heterocycles. The van der Waals surface area contributed by atoms with E-state index >= 15 is 0 Å². The first-order valence-corrected chi connectivity index (χ1v) is 6.64. The molecule has 0 fully saturated rings. The zero-order valence-corrected chi connectivity index (χ0v) is 11.2. The van der Waals surface area contributed by atoms with Crippen LogP contribution in [0.15, 0.2) is 12.2 Å². The Bertz CT molecular complexity index is 207. The summed E-state index contributed by atoms with van der Waals surface area (Å²) in [5.74, 6) is 0.139. The average Bonchev–Trinajstić information content (AvgIpc) is 2.30. The van der Waals surface area contributed by atoms with E-state index in [-0.39, 0.29) is 5.91 Å². The van der Waals surface area contributed by atoms with Gasteiger partial charge in [-0.2, -0.15) is 0 Å². The normalized spacial score (nSPS) is 10.2. The summed E-state index contributed by atoms with van der Waals surface area (Å²) in [7, 11) is 0. The first kappa shape index (κ1) is 15.2. The van der Waals surface area contributed by atoms with E-state index in [1.165, 1.54) is 25.7 Å². The van der Waals surface area contributed by atoms with Crippen LogP contribution in [0.5, 0.6) is 0 Å². The van der Waals surface area contributed by atoms with Gasteiger partial charge in [0.2, 0.25) is 5.91 Å². The van der Waals surface area contributed by atoms with E-state index in [0.29, 0.717) is 0 Å². The quantitative estimate of drug-likeness (QED) is 0.432. The van der Waals surface area contributed by atoms with Crippen molar-refractivity contribution >= 4 is 5.91 Å². The lowest BCUT2D eigenvalue weighted by Gasteiger charge is -2.19. The molecule has 0 bridgehead atoms. The van der Waals surface area contributed by atoms with Gasteiger partial charge in [0.15, 0.2) is 0 Å². The SMILES string of the molecule is C=C(CCCCCCC)C(=O)N(CC)CC. The molecule has 0 N–H and O–H groups in total. The van der Waals surface area contributed by atoms with Crippen LogP contribution in [0.4, 0.5) is 0 Å². The maximum atomic E-state index is 11.9. The Morgan fingerprint density at radius 1 is 1.00 bits per heavy atom. The maximum Gasteiger partial charge on any atom is 0.249 e. The van der Waals surface area contributed by atoms with Crippen LogP contribution in [0.2, 0.25) is 0 Å². The standard InChI is InChI=1S/C14H27NO/c1-5-8-9-10-11-12-13(4)14(16)15(6-2)7-3/h4-12H2,1-3H3. The summed E-state index contributed by atoms with van der Waals surface area (Å²) in [6, 6.07) is 0. The number of nitrogens with zero attached hydrogens (tertiary/aromatic N) is 1. The van der Waals surface area contributed by atoms with Gasteiger partial charge >= 0.3 is 0 Å². The van der Waals surface area contributed by atoms with Gasteiger partial charge in [0.05, 0.1) is 0 Å². The fourth-order valence-corrected chi connectivity index (χ4v) is 1.78. The Morgan fingerprint density at radius 2 is 1.56 bits per heavy atom. The molecular weight excluding hydrogens is 198 g/mol. The molecule has 1 amide bonds. The molecule has 2 nitrogen and oxygen atoms in total. The molecule has 94 valence electrons. The minimum atomic E-state index is 0.139. The lowest BCUT2D eigenvalue weighted by molar-refractivity contribution is -0.126. The van der Waals surface area contributed by atoms with Crippen molar-refractivity contribution in [3.63, 3.8) is 0 Å². The number of likely N-dealkylation sites (N-methyl/N-ethyl adjacent to an activating group) is 1. The third-order valence-corrected chi connectivity index (χ3v) is 2.94. The molecule has 0 saturated heterocycles. The highest BCUT2D eigenvalue weighted by molar-refractivity contribution is 5.92. The lowest BCUT2D eigenvalue weighted by Crippen LogP contribution is -2.31. The van der Waals surface area contributed by atoms with Gasteiger partial charge in [0.25, 0.3) is 0 Å². The number of unbranched alkanes of at least 4 members (excludes halogenated alkanes) is 4. The van der Waals surface area contributed by atoms with Crippen molar-refractivity contribution in [1.29, 1.82) is 0 Å². The topological polar surface area (TPSA) is 20.3 Å². The molecule has 0 aromatic rings. The molecule has 0 heterocycles. The highest BCUT2D eigenvalue weighted by atomic mass is 16.2. The fraction of sp³-hybridized carbons (Fsp3) is 0.786. The first-order valence-electron chi connectivity index (χ1n) is 6.64. The van der Waals surface area contributed by atoms with Gasteiger partial charge in [-0.15, -0.1) is 0 Å². The van der Waals surface area contributed by atoms with Gasteiger partial charge in [-0.05, 0) is 26.7 Å². The van der Waals surface area contributed by atoms with Crippen LogP contribution >= 0.6 is 0 Å². The molecule has 0 aliphatic carbocycles. The Morgan fingerprint density at radius 3 is 2.06 bits per heavy atom. The van der Waals surface area contributed by atoms with Crippen molar-refractivity contribution in [2.45, 2.75) is 59.3 Å². The molecule has 16 heavy (non-hydrogen) atoms. The van der Waals surface area contributed by atoms with Crippen LogP contribution in [-0.4, -0.2) is 23.9 Å². The van der Waals surface area contributed by atoms with Gasteiger partial charge in [-0.25, -0.2) is 0 Å². The predicted octanol–water partition coefficient (Wildman–Crippen LogP) is 3.77. The highest BCUT2D eigenvalue weighted by Crippen LogP contribution is 2.11. The zero-order valence-electron chi connectivity index (χ0n) is 11.2. The number of hydrogen-bond donors (Lipinski definition) is 0. The van der Waals surface area contributed by atoms with E-state index in [9.17, 15) is 4.79 Å². The molecule has 0 atom stereocenters. The molecule has 0 unspecified atom stereocenters. The number of carbonyl (C=O) groups excluding carboxylic acids is 1. The van der Waals surface area contributed by atoms with E-state index in [4.69, 9.17) is 0 Å². The Balaban J connectivity index is 3.75. The number of amides is 1. The predicted molar refractivity (Wildman–Crippen MR) is 70.4 cm³/mol. The van der Waals surface area contributed by atoms with Gasteiger partial charge in [-0.1, -0.05) is 39.2 Å². The summed E-state index contributed by atoms with van der Waals surface area (Å²) in [6.07, 6.45) is 7.03. The average molecular weight is 225 g/mol. The lowest BCUT2D eigenvalue weighted by atomic mass is 10.1. The third kappa shape index (κ3) is 5.94. The minimum absolute atomic E-state index is 0.139. The summed E-state index contributed by atoms with van der Waals surface area (Å²) in [4.78, 5) is 13.7. The molecule has 0 aromatic carbocycles. The Hall–Kier alpha value is -0.790. The molecule has 0 radical (unpaired) electrons.